The van der Waals surface area contributed by atoms with Crippen molar-refractivity contribution >= 4 is 10.8 Å². The second-order valence-electron chi connectivity index (χ2n) is 6.35. The number of aryl methyl sites for hydroxylation is 1. The standard InChI is InChI=1S/C22H21N/c1-17-8-10-19(11-9-17)22(23-14-4-5-15-23)21-13-12-18-6-2-3-7-20(18)16-21/h2-13,16,22H,14-15H2,1H3. The van der Waals surface area contributed by atoms with E-state index in [9.17, 15) is 0 Å². The van der Waals surface area contributed by atoms with Crippen LogP contribution in [0.2, 0.25) is 0 Å². The van der Waals surface area contributed by atoms with E-state index in [0.29, 0.717) is 6.04 Å². The van der Waals surface area contributed by atoms with Crippen LogP contribution >= 0.6 is 0 Å². The van der Waals surface area contributed by atoms with E-state index in [1.165, 1.54) is 27.5 Å². The average Bonchev–Trinajstić information content (AvgIpc) is 3.11. The van der Waals surface area contributed by atoms with Gasteiger partial charge in [0.15, 0.2) is 0 Å². The van der Waals surface area contributed by atoms with E-state index in [4.69, 9.17) is 0 Å². The van der Waals surface area contributed by atoms with Gasteiger partial charge in [0.2, 0.25) is 0 Å². The first kappa shape index (κ1) is 14.2. The molecule has 1 aliphatic heterocycles. The summed E-state index contributed by atoms with van der Waals surface area (Å²) < 4.78 is 0. The van der Waals surface area contributed by atoms with E-state index in [2.05, 4.69) is 90.7 Å². The van der Waals surface area contributed by atoms with Crippen LogP contribution < -0.4 is 0 Å². The van der Waals surface area contributed by atoms with E-state index in [0.717, 1.165) is 13.1 Å². The number of nitrogens with zero attached hydrogens (tertiary/aromatic N) is 1. The molecule has 0 radical (unpaired) electrons. The summed E-state index contributed by atoms with van der Waals surface area (Å²) in [5.41, 5.74) is 4.05. The Labute approximate surface area is 137 Å². The number of fused-ring (bicyclic) bond motifs is 1. The number of hydrogen-bond acceptors (Lipinski definition) is 1. The van der Waals surface area contributed by atoms with Crippen LogP contribution in [0.15, 0.2) is 78.9 Å². The fourth-order valence-corrected chi connectivity index (χ4v) is 3.45. The van der Waals surface area contributed by atoms with Gasteiger partial charge in [-0.25, -0.2) is 0 Å². The van der Waals surface area contributed by atoms with Gasteiger partial charge in [0.25, 0.3) is 0 Å². The van der Waals surface area contributed by atoms with Gasteiger partial charge in [-0.3, -0.25) is 4.90 Å². The van der Waals surface area contributed by atoms with E-state index in [1.807, 2.05) is 0 Å². The van der Waals surface area contributed by atoms with Gasteiger partial charge < -0.3 is 0 Å². The van der Waals surface area contributed by atoms with E-state index in [1.54, 1.807) is 0 Å². The number of rotatable bonds is 3. The third-order valence-corrected chi connectivity index (χ3v) is 4.69. The molecule has 1 nitrogen and oxygen atoms in total. The molecule has 1 atom stereocenters. The molecule has 1 heterocycles. The molecule has 4 rings (SSSR count). The molecule has 0 N–H and O–H groups in total. The third kappa shape index (κ3) is 2.80. The second-order valence-corrected chi connectivity index (χ2v) is 6.35. The summed E-state index contributed by atoms with van der Waals surface area (Å²) >= 11 is 0. The smallest absolute Gasteiger partial charge is 0.0607 e. The first-order valence-electron chi connectivity index (χ1n) is 8.25. The van der Waals surface area contributed by atoms with Crippen molar-refractivity contribution in [1.29, 1.82) is 0 Å². The summed E-state index contributed by atoms with van der Waals surface area (Å²) in [4.78, 5) is 2.52. The molecule has 1 aliphatic rings. The van der Waals surface area contributed by atoms with Crippen molar-refractivity contribution in [3.05, 3.63) is 95.6 Å². The highest BCUT2D eigenvalue weighted by molar-refractivity contribution is 5.83. The molecule has 114 valence electrons. The van der Waals surface area contributed by atoms with Crippen molar-refractivity contribution in [3.8, 4) is 0 Å². The normalized spacial score (nSPS) is 16.0. The lowest BCUT2D eigenvalue weighted by atomic mass is 9.94. The van der Waals surface area contributed by atoms with Crippen LogP contribution in [0.25, 0.3) is 10.8 Å². The van der Waals surface area contributed by atoms with Crippen LogP contribution in [0.4, 0.5) is 0 Å². The van der Waals surface area contributed by atoms with Crippen LogP contribution in [0.1, 0.15) is 22.7 Å². The molecule has 0 fully saturated rings. The molecule has 1 heteroatoms. The van der Waals surface area contributed by atoms with Crippen LogP contribution in [0, 0.1) is 6.92 Å². The Bertz CT molecular complexity index is 837. The van der Waals surface area contributed by atoms with Gasteiger partial charge in [0, 0.05) is 13.1 Å². The predicted molar refractivity (Wildman–Crippen MR) is 97.7 cm³/mol. The maximum absolute atomic E-state index is 2.52. The summed E-state index contributed by atoms with van der Waals surface area (Å²) in [7, 11) is 0. The largest absolute Gasteiger partial charge is 0.285 e. The zero-order chi connectivity index (χ0) is 15.6. The van der Waals surface area contributed by atoms with Gasteiger partial charge in [-0.1, -0.05) is 78.4 Å². The molecule has 0 aromatic heterocycles. The molecule has 0 spiro atoms. The Balaban J connectivity index is 1.80. The molecule has 0 aliphatic carbocycles. The molecule has 0 saturated carbocycles. The lowest BCUT2D eigenvalue weighted by Gasteiger charge is -2.29. The van der Waals surface area contributed by atoms with Crippen molar-refractivity contribution < 1.29 is 0 Å². The lowest BCUT2D eigenvalue weighted by molar-refractivity contribution is 0.293. The molecule has 23 heavy (non-hydrogen) atoms. The van der Waals surface area contributed by atoms with Crippen LogP contribution in [0.5, 0.6) is 0 Å². The van der Waals surface area contributed by atoms with Gasteiger partial charge in [-0.2, -0.15) is 0 Å². The maximum Gasteiger partial charge on any atom is 0.0607 e. The monoisotopic (exact) mass is 299 g/mol. The van der Waals surface area contributed by atoms with E-state index < -0.39 is 0 Å². The highest BCUT2D eigenvalue weighted by Gasteiger charge is 2.23. The van der Waals surface area contributed by atoms with Gasteiger partial charge in [-0.15, -0.1) is 0 Å². The lowest BCUT2D eigenvalue weighted by Crippen LogP contribution is -2.27. The van der Waals surface area contributed by atoms with Crippen molar-refractivity contribution in [1.82, 2.24) is 4.90 Å². The average molecular weight is 299 g/mol. The summed E-state index contributed by atoms with van der Waals surface area (Å²) in [6, 6.07) is 24.8. The topological polar surface area (TPSA) is 3.24 Å². The van der Waals surface area contributed by atoms with Crippen LogP contribution in [0.3, 0.4) is 0 Å². The molecule has 0 amide bonds. The SMILES string of the molecule is Cc1ccc(C(c2ccc3ccccc3c2)N2CC=CC2)cc1. The van der Waals surface area contributed by atoms with Gasteiger partial charge >= 0.3 is 0 Å². The summed E-state index contributed by atoms with van der Waals surface area (Å²) in [5.74, 6) is 0. The minimum Gasteiger partial charge on any atom is -0.285 e. The minimum atomic E-state index is 0.315. The van der Waals surface area contributed by atoms with Crippen LogP contribution in [-0.2, 0) is 0 Å². The highest BCUT2D eigenvalue weighted by atomic mass is 15.2. The Morgan fingerprint density at radius 2 is 1.39 bits per heavy atom. The summed E-state index contributed by atoms with van der Waals surface area (Å²) in [5, 5.41) is 2.62. The van der Waals surface area contributed by atoms with Crippen LogP contribution in [-0.4, -0.2) is 18.0 Å². The van der Waals surface area contributed by atoms with Crippen molar-refractivity contribution in [2.45, 2.75) is 13.0 Å². The minimum absolute atomic E-state index is 0.315. The predicted octanol–water partition coefficient (Wildman–Crippen LogP) is 5.11. The summed E-state index contributed by atoms with van der Waals surface area (Å²) in [6.45, 7) is 4.18. The first-order valence-corrected chi connectivity index (χ1v) is 8.25. The molecular weight excluding hydrogens is 278 g/mol. The third-order valence-electron chi connectivity index (χ3n) is 4.69. The Kier molecular flexibility index (Phi) is 3.72. The van der Waals surface area contributed by atoms with E-state index >= 15 is 0 Å². The molecule has 1 unspecified atom stereocenters. The van der Waals surface area contributed by atoms with Crippen molar-refractivity contribution in [2.75, 3.05) is 13.1 Å². The Hall–Kier alpha value is -2.38. The zero-order valence-corrected chi connectivity index (χ0v) is 13.4. The fourth-order valence-electron chi connectivity index (χ4n) is 3.45. The van der Waals surface area contributed by atoms with Gasteiger partial charge in [0.1, 0.15) is 0 Å². The van der Waals surface area contributed by atoms with Gasteiger partial charge in [0.05, 0.1) is 6.04 Å². The number of hydrogen-bond donors (Lipinski definition) is 0. The highest BCUT2D eigenvalue weighted by Crippen LogP contribution is 2.32. The summed E-state index contributed by atoms with van der Waals surface area (Å²) in [6.07, 6.45) is 4.53. The van der Waals surface area contributed by atoms with E-state index in [-0.39, 0.29) is 0 Å². The Morgan fingerprint density at radius 1 is 0.739 bits per heavy atom. The first-order chi connectivity index (χ1) is 11.3. The molecule has 3 aromatic carbocycles. The van der Waals surface area contributed by atoms with Crippen molar-refractivity contribution in [2.24, 2.45) is 0 Å². The molecular formula is C22H21N. The molecule has 3 aromatic rings. The number of benzene rings is 3. The quantitative estimate of drug-likeness (QED) is 0.607. The molecule has 0 saturated heterocycles. The fraction of sp³-hybridized carbons (Fsp3) is 0.182. The zero-order valence-electron chi connectivity index (χ0n) is 13.4. The Morgan fingerprint density at radius 3 is 2.13 bits per heavy atom. The second kappa shape index (κ2) is 6.02. The molecule has 0 bridgehead atoms. The maximum atomic E-state index is 2.52. The van der Waals surface area contributed by atoms with Crippen molar-refractivity contribution in [3.63, 3.8) is 0 Å². The van der Waals surface area contributed by atoms with Gasteiger partial charge in [-0.05, 0) is 34.9 Å².